The van der Waals surface area contributed by atoms with Gasteiger partial charge in [-0.3, -0.25) is 5.01 Å². The molecule has 5 nitrogen and oxygen atoms in total. The molecule has 3 aromatic carbocycles. The summed E-state index contributed by atoms with van der Waals surface area (Å²) < 4.78 is 16.6. The van der Waals surface area contributed by atoms with E-state index in [-0.39, 0.29) is 5.82 Å². The zero-order valence-electron chi connectivity index (χ0n) is 18.6. The molecule has 0 unspecified atom stereocenters. The molecule has 1 aliphatic rings. The zero-order valence-corrected chi connectivity index (χ0v) is 18.6. The van der Waals surface area contributed by atoms with Crippen molar-refractivity contribution in [2.45, 2.75) is 0 Å². The van der Waals surface area contributed by atoms with Gasteiger partial charge in [-0.25, -0.2) is 9.07 Å². The van der Waals surface area contributed by atoms with Crippen LogP contribution in [-0.4, -0.2) is 59.1 Å². The first-order chi connectivity index (χ1) is 16.2. The van der Waals surface area contributed by atoms with E-state index in [9.17, 15) is 4.39 Å². The van der Waals surface area contributed by atoms with E-state index in [0.717, 1.165) is 48.6 Å². The van der Waals surface area contributed by atoms with Crippen molar-refractivity contribution in [3.63, 3.8) is 0 Å². The van der Waals surface area contributed by atoms with Crippen molar-refractivity contribution in [3.8, 4) is 28.1 Å². The minimum atomic E-state index is -0.283. The van der Waals surface area contributed by atoms with Gasteiger partial charge in [-0.15, -0.1) is 0 Å². The maximum Gasteiger partial charge on any atom is 0.132 e. The third kappa shape index (κ3) is 4.56. The molecule has 0 amide bonds. The Hall–Kier alpha value is -3.77. The molecule has 6 heteroatoms. The molecule has 166 valence electrons. The molecule has 1 aliphatic heterocycles. The van der Waals surface area contributed by atoms with Crippen LogP contribution >= 0.6 is 0 Å². The average molecular weight is 440 g/mol. The van der Waals surface area contributed by atoms with Crippen LogP contribution in [0.4, 0.5) is 4.39 Å². The van der Waals surface area contributed by atoms with E-state index in [0.29, 0.717) is 11.3 Å². The number of likely N-dealkylation sites (N-methyl/N-ethyl adjacent to an activating group) is 1. The van der Waals surface area contributed by atoms with Crippen LogP contribution in [-0.2, 0) is 0 Å². The van der Waals surface area contributed by atoms with Crippen LogP contribution in [0.15, 0.2) is 90.2 Å². The van der Waals surface area contributed by atoms with Crippen LogP contribution in [0.3, 0.4) is 0 Å². The predicted octanol–water partition coefficient (Wildman–Crippen LogP) is 4.93. The summed E-state index contributed by atoms with van der Waals surface area (Å²) in [6.07, 6.45) is 3.56. The summed E-state index contributed by atoms with van der Waals surface area (Å²) in [6, 6.07) is 25.2. The second kappa shape index (κ2) is 9.38. The van der Waals surface area contributed by atoms with Crippen LogP contribution in [0, 0.1) is 5.82 Å². The molecule has 0 N–H and O–H groups in total. The number of hydrogen-bond acceptors (Lipinski definition) is 4. The summed E-state index contributed by atoms with van der Waals surface area (Å²) in [5.74, 6) is -0.283. The number of nitrogens with zero attached hydrogens (tertiary/aromatic N) is 5. The number of hydrogen-bond donors (Lipinski definition) is 0. The summed E-state index contributed by atoms with van der Waals surface area (Å²) >= 11 is 0. The maximum atomic E-state index is 14.9. The van der Waals surface area contributed by atoms with Gasteiger partial charge in [0.2, 0.25) is 0 Å². The van der Waals surface area contributed by atoms with Gasteiger partial charge in [-0.05, 0) is 42.4 Å². The average Bonchev–Trinajstić information content (AvgIpc) is 3.28. The van der Waals surface area contributed by atoms with Gasteiger partial charge in [0.25, 0.3) is 0 Å². The molecule has 4 aromatic rings. The van der Waals surface area contributed by atoms with E-state index in [1.54, 1.807) is 29.2 Å². The van der Waals surface area contributed by atoms with Crippen LogP contribution < -0.4 is 0 Å². The molecular weight excluding hydrogens is 413 g/mol. The normalized spacial score (nSPS) is 14.8. The summed E-state index contributed by atoms with van der Waals surface area (Å²) in [4.78, 5) is 2.29. The highest BCUT2D eigenvalue weighted by Gasteiger charge is 2.18. The molecule has 1 aromatic heterocycles. The Labute approximate surface area is 193 Å². The number of aromatic nitrogens is 2. The highest BCUT2D eigenvalue weighted by Crippen LogP contribution is 2.29. The summed E-state index contributed by atoms with van der Waals surface area (Å²) in [5, 5.41) is 11.3. The lowest BCUT2D eigenvalue weighted by molar-refractivity contribution is 0.159. The first kappa shape index (κ1) is 21.1. The number of rotatable bonds is 5. The lowest BCUT2D eigenvalue weighted by atomic mass is 10.0. The van der Waals surface area contributed by atoms with E-state index < -0.39 is 0 Å². The fourth-order valence-corrected chi connectivity index (χ4v) is 4.06. The van der Waals surface area contributed by atoms with Gasteiger partial charge in [0.05, 0.1) is 23.8 Å². The molecule has 0 aliphatic carbocycles. The smallest absolute Gasteiger partial charge is 0.132 e. The molecule has 2 heterocycles. The maximum absolute atomic E-state index is 14.9. The summed E-state index contributed by atoms with van der Waals surface area (Å²) in [5.41, 5.74) is 5.12. The van der Waals surface area contributed by atoms with Gasteiger partial charge in [-0.2, -0.15) is 10.2 Å². The van der Waals surface area contributed by atoms with Gasteiger partial charge in [-0.1, -0.05) is 54.6 Å². The highest BCUT2D eigenvalue weighted by atomic mass is 19.1. The molecular formula is C27H26FN5. The minimum absolute atomic E-state index is 0.283. The standard InChI is InChI=1S/C27H26FN5/c1-31-15-17-32(18-16-31)29-19-23-20-30-33(27(23)25-9-5-6-10-26(25)28)24-13-11-22(12-14-24)21-7-3-2-4-8-21/h2-14,19-20H,15-18H2,1H3/b29-19-. The van der Waals surface area contributed by atoms with Gasteiger partial charge < -0.3 is 4.90 Å². The van der Waals surface area contributed by atoms with Gasteiger partial charge >= 0.3 is 0 Å². The SMILES string of the molecule is CN1CCN(/N=C\c2cnn(-c3ccc(-c4ccccc4)cc3)c2-c2ccccc2F)CC1. The largest absolute Gasteiger partial charge is 0.303 e. The lowest BCUT2D eigenvalue weighted by Gasteiger charge is -2.30. The van der Waals surface area contributed by atoms with Crippen LogP contribution in [0.1, 0.15) is 5.56 Å². The Kier molecular flexibility index (Phi) is 6.00. The molecule has 0 saturated carbocycles. The van der Waals surface area contributed by atoms with Crippen molar-refractivity contribution >= 4 is 6.21 Å². The second-order valence-corrected chi connectivity index (χ2v) is 8.25. The molecule has 0 radical (unpaired) electrons. The predicted molar refractivity (Wildman–Crippen MR) is 131 cm³/mol. The topological polar surface area (TPSA) is 36.7 Å². The Bertz CT molecular complexity index is 1240. The number of benzene rings is 3. The monoisotopic (exact) mass is 439 g/mol. The van der Waals surface area contributed by atoms with E-state index in [4.69, 9.17) is 0 Å². The molecule has 0 bridgehead atoms. The van der Waals surface area contributed by atoms with E-state index >= 15 is 0 Å². The highest BCUT2D eigenvalue weighted by molar-refractivity contribution is 5.89. The van der Waals surface area contributed by atoms with E-state index in [1.807, 2.05) is 36.4 Å². The second-order valence-electron chi connectivity index (χ2n) is 8.25. The molecule has 1 fully saturated rings. The Morgan fingerprint density at radius 1 is 0.818 bits per heavy atom. The summed E-state index contributed by atoms with van der Waals surface area (Å²) in [7, 11) is 2.12. The Morgan fingerprint density at radius 3 is 2.21 bits per heavy atom. The van der Waals surface area contributed by atoms with Crippen molar-refractivity contribution in [2.24, 2.45) is 5.10 Å². The van der Waals surface area contributed by atoms with Gasteiger partial charge in [0, 0.05) is 37.3 Å². The fourth-order valence-electron chi connectivity index (χ4n) is 4.06. The third-order valence-corrected chi connectivity index (χ3v) is 5.99. The van der Waals surface area contributed by atoms with E-state index in [1.165, 1.54) is 6.07 Å². The molecule has 0 atom stereocenters. The van der Waals surface area contributed by atoms with Crippen molar-refractivity contribution in [3.05, 3.63) is 96.4 Å². The van der Waals surface area contributed by atoms with Crippen LogP contribution in [0.5, 0.6) is 0 Å². The number of piperazine rings is 1. The van der Waals surface area contributed by atoms with Crippen molar-refractivity contribution in [1.29, 1.82) is 0 Å². The summed E-state index contributed by atoms with van der Waals surface area (Å²) in [6.45, 7) is 3.70. The van der Waals surface area contributed by atoms with Crippen molar-refractivity contribution < 1.29 is 4.39 Å². The fraction of sp³-hybridized carbons (Fsp3) is 0.185. The third-order valence-electron chi connectivity index (χ3n) is 5.99. The van der Waals surface area contributed by atoms with Gasteiger partial charge in [0.1, 0.15) is 5.82 Å². The van der Waals surface area contributed by atoms with Crippen molar-refractivity contribution in [2.75, 3.05) is 33.2 Å². The first-order valence-corrected chi connectivity index (χ1v) is 11.2. The van der Waals surface area contributed by atoms with Crippen LogP contribution in [0.2, 0.25) is 0 Å². The lowest BCUT2D eigenvalue weighted by Crippen LogP contribution is -2.41. The van der Waals surface area contributed by atoms with Gasteiger partial charge in [0.15, 0.2) is 0 Å². The zero-order chi connectivity index (χ0) is 22.6. The molecule has 1 saturated heterocycles. The van der Waals surface area contributed by atoms with Crippen LogP contribution in [0.25, 0.3) is 28.1 Å². The molecule has 5 rings (SSSR count). The Balaban J connectivity index is 1.52. The number of halogens is 1. The van der Waals surface area contributed by atoms with E-state index in [2.05, 4.69) is 51.4 Å². The quantitative estimate of drug-likeness (QED) is 0.414. The Morgan fingerprint density at radius 2 is 1.48 bits per heavy atom. The molecule has 33 heavy (non-hydrogen) atoms. The number of hydrazone groups is 1. The molecule has 0 spiro atoms. The first-order valence-electron chi connectivity index (χ1n) is 11.2. The minimum Gasteiger partial charge on any atom is -0.303 e. The van der Waals surface area contributed by atoms with Crippen molar-refractivity contribution in [1.82, 2.24) is 19.7 Å².